The van der Waals surface area contributed by atoms with E-state index in [0.29, 0.717) is 12.8 Å². The zero-order valence-electron chi connectivity index (χ0n) is 48.6. The smallest absolute Gasteiger partial charge is 0.462 e. The summed E-state index contributed by atoms with van der Waals surface area (Å²) in [5.74, 6) is -0.865. The molecule has 0 amide bonds. The van der Waals surface area contributed by atoms with Gasteiger partial charge in [0, 0.05) is 19.4 Å². The van der Waals surface area contributed by atoms with Gasteiger partial charge in [-0.05, 0) is 116 Å². The van der Waals surface area contributed by atoms with Crippen LogP contribution in [-0.4, -0.2) is 49.3 Å². The Kier molecular flexibility index (Phi) is 57.8. The number of phosphoric ester groups is 1. The second kappa shape index (κ2) is 61.1. The third-order valence-electron chi connectivity index (χ3n) is 12.2. The lowest BCUT2D eigenvalue weighted by Crippen LogP contribution is -2.29. The monoisotopic (exact) mass is 1090 g/mol. The first-order valence-electron chi connectivity index (χ1n) is 30.3. The van der Waals surface area contributed by atoms with Crippen LogP contribution in [0.25, 0.3) is 0 Å². The Balaban J connectivity index is 4.02. The van der Waals surface area contributed by atoms with E-state index in [2.05, 4.69) is 160 Å². The SMILES string of the molecule is CC/C=C\C/C=C\C/C=C\C/C=C\C/C=C\C/C=C\CCCCCCCCCCCCCCCCC(=O)OC(COC(=O)CCCCCC/C=C\C/C=C\C/C=C\C/C=C\C/C=C\C/C=C\CC)COP(=O)(O)OCCN. The first-order chi connectivity index (χ1) is 37.8. The first-order valence-corrected chi connectivity index (χ1v) is 31.8. The molecule has 0 radical (unpaired) electrons. The summed E-state index contributed by atoms with van der Waals surface area (Å²) in [5, 5.41) is 0. The molecule has 0 saturated carbocycles. The molecule has 10 heteroatoms. The van der Waals surface area contributed by atoms with Crippen LogP contribution in [0.5, 0.6) is 0 Å². The van der Waals surface area contributed by atoms with Crippen molar-refractivity contribution >= 4 is 19.8 Å². The molecule has 0 aliphatic heterocycles. The largest absolute Gasteiger partial charge is 0.472 e. The van der Waals surface area contributed by atoms with Gasteiger partial charge in [-0.3, -0.25) is 18.6 Å². The summed E-state index contributed by atoms with van der Waals surface area (Å²) in [6.07, 6.45) is 87.6. The molecule has 0 fully saturated rings. The lowest BCUT2D eigenvalue weighted by Gasteiger charge is -2.19. The second-order valence-corrected chi connectivity index (χ2v) is 20.9. The Morgan fingerprint density at radius 2 is 0.675 bits per heavy atom. The van der Waals surface area contributed by atoms with E-state index in [1.165, 1.54) is 70.6 Å². The van der Waals surface area contributed by atoms with Gasteiger partial charge in [0.1, 0.15) is 6.61 Å². The number of carbonyl (C=O) groups is 2. The summed E-state index contributed by atoms with van der Waals surface area (Å²) >= 11 is 0. The van der Waals surface area contributed by atoms with E-state index < -0.39 is 32.5 Å². The van der Waals surface area contributed by atoms with E-state index in [0.717, 1.165) is 122 Å². The molecule has 0 aromatic rings. The maximum atomic E-state index is 12.7. The normalized spacial score (nSPS) is 14.1. The number of ether oxygens (including phenoxy) is 2. The summed E-state index contributed by atoms with van der Waals surface area (Å²) in [6, 6.07) is 0. The van der Waals surface area contributed by atoms with Crippen LogP contribution < -0.4 is 5.73 Å². The fourth-order valence-electron chi connectivity index (χ4n) is 7.82. The van der Waals surface area contributed by atoms with Crippen molar-refractivity contribution in [1.82, 2.24) is 0 Å². The molecule has 0 rings (SSSR count). The van der Waals surface area contributed by atoms with Crippen LogP contribution in [0.3, 0.4) is 0 Å². The zero-order chi connectivity index (χ0) is 55.9. The van der Waals surface area contributed by atoms with Gasteiger partial charge >= 0.3 is 19.8 Å². The van der Waals surface area contributed by atoms with Gasteiger partial charge in [-0.15, -0.1) is 0 Å². The van der Waals surface area contributed by atoms with Gasteiger partial charge in [0.15, 0.2) is 6.10 Å². The molecule has 0 aromatic heterocycles. The van der Waals surface area contributed by atoms with E-state index in [-0.39, 0.29) is 32.6 Å². The topological polar surface area (TPSA) is 134 Å². The van der Waals surface area contributed by atoms with Gasteiger partial charge in [-0.1, -0.05) is 250 Å². The highest BCUT2D eigenvalue weighted by Gasteiger charge is 2.26. The molecule has 0 bridgehead atoms. The average molecular weight is 1090 g/mol. The minimum absolute atomic E-state index is 0.0422. The van der Waals surface area contributed by atoms with Crippen LogP contribution in [-0.2, 0) is 32.7 Å². The number of unbranched alkanes of at least 4 members (excludes halogenated alkanes) is 18. The minimum atomic E-state index is -4.41. The molecule has 0 heterocycles. The number of nitrogens with two attached hydrogens (primary N) is 1. The summed E-state index contributed by atoms with van der Waals surface area (Å²) in [6.45, 7) is 3.47. The van der Waals surface area contributed by atoms with E-state index in [4.69, 9.17) is 24.3 Å². The van der Waals surface area contributed by atoms with Gasteiger partial charge in [-0.25, -0.2) is 4.57 Å². The number of rotatable bonds is 55. The van der Waals surface area contributed by atoms with Crippen molar-refractivity contribution in [3.05, 3.63) is 146 Å². The van der Waals surface area contributed by atoms with Crippen LogP contribution in [0.4, 0.5) is 0 Å². The molecule has 436 valence electrons. The second-order valence-electron chi connectivity index (χ2n) is 19.5. The van der Waals surface area contributed by atoms with Gasteiger partial charge in [0.25, 0.3) is 0 Å². The van der Waals surface area contributed by atoms with Gasteiger partial charge < -0.3 is 20.1 Å². The van der Waals surface area contributed by atoms with Gasteiger partial charge in [0.2, 0.25) is 0 Å². The van der Waals surface area contributed by atoms with Crippen molar-refractivity contribution in [2.45, 2.75) is 238 Å². The van der Waals surface area contributed by atoms with Crippen molar-refractivity contribution in [3.8, 4) is 0 Å². The average Bonchev–Trinajstić information content (AvgIpc) is 3.42. The summed E-state index contributed by atoms with van der Waals surface area (Å²) < 4.78 is 33.0. The Labute approximate surface area is 471 Å². The fraction of sp³-hybridized carbons (Fsp3) is 0.612. The first kappa shape index (κ1) is 72.9. The molecule has 3 N–H and O–H groups in total. The molecule has 0 aliphatic carbocycles. The van der Waals surface area contributed by atoms with Crippen LogP contribution in [0, 0.1) is 0 Å². The Bertz CT molecular complexity index is 1770. The Morgan fingerprint density at radius 1 is 0.390 bits per heavy atom. The predicted octanol–water partition coefficient (Wildman–Crippen LogP) is 19.5. The molecule has 77 heavy (non-hydrogen) atoms. The number of hydrogen-bond acceptors (Lipinski definition) is 8. The molecule has 9 nitrogen and oxygen atoms in total. The number of allylic oxidation sites excluding steroid dienone is 24. The highest BCUT2D eigenvalue weighted by molar-refractivity contribution is 7.47. The fourth-order valence-corrected chi connectivity index (χ4v) is 8.58. The molecule has 0 aromatic carbocycles. The standard InChI is InChI=1S/C67H110NO8P/c1-3-5-7-9-11-13-15-17-19-21-23-25-27-28-29-30-31-32-33-34-35-36-38-40-42-44-46-48-50-52-54-56-58-60-67(70)76-65(64-75-77(71,72)74-62-61-68)63-73-66(69)59-57-55-53-51-49-47-45-43-41-39-37-26-24-22-20-18-16-14-12-10-8-6-4-2/h5-8,11-14,17-20,23-26,28-29,31-32,39,41,45,47,65H,3-4,9-10,15-16,21-22,27,30,33-38,40,42-44,46,48-64,68H2,1-2H3,(H,71,72)/b7-5-,8-6-,13-11-,14-12-,19-17-,20-18-,25-23-,26-24-,29-28-,32-31-,41-39-,47-45-. The van der Waals surface area contributed by atoms with Gasteiger partial charge in [-0.2, -0.15) is 0 Å². The molecule has 0 saturated heterocycles. The summed E-state index contributed by atoms with van der Waals surface area (Å²) in [7, 11) is -4.41. The number of hydrogen-bond donors (Lipinski definition) is 2. The van der Waals surface area contributed by atoms with Crippen LogP contribution in [0.2, 0.25) is 0 Å². The quantitative estimate of drug-likeness (QED) is 0.0264. The Hall–Kier alpha value is -4.11. The molecular weight excluding hydrogens is 978 g/mol. The van der Waals surface area contributed by atoms with Crippen LogP contribution in [0.15, 0.2) is 146 Å². The minimum Gasteiger partial charge on any atom is -0.462 e. The van der Waals surface area contributed by atoms with E-state index in [1.807, 2.05) is 0 Å². The van der Waals surface area contributed by atoms with Crippen LogP contribution in [0.1, 0.15) is 232 Å². The van der Waals surface area contributed by atoms with Crippen molar-refractivity contribution in [3.63, 3.8) is 0 Å². The highest BCUT2D eigenvalue weighted by Crippen LogP contribution is 2.43. The van der Waals surface area contributed by atoms with Crippen molar-refractivity contribution < 1.29 is 37.6 Å². The third kappa shape index (κ3) is 61.0. The summed E-state index contributed by atoms with van der Waals surface area (Å²) in [4.78, 5) is 35.2. The van der Waals surface area contributed by atoms with E-state index in [1.54, 1.807) is 0 Å². The van der Waals surface area contributed by atoms with Gasteiger partial charge in [0.05, 0.1) is 13.2 Å². The molecule has 2 unspecified atom stereocenters. The molecule has 0 aliphatic rings. The number of phosphoric acid groups is 1. The number of esters is 2. The third-order valence-corrected chi connectivity index (χ3v) is 13.2. The van der Waals surface area contributed by atoms with E-state index >= 15 is 0 Å². The zero-order valence-corrected chi connectivity index (χ0v) is 49.5. The van der Waals surface area contributed by atoms with Crippen LogP contribution >= 0.6 is 7.82 Å². The van der Waals surface area contributed by atoms with E-state index in [9.17, 15) is 19.0 Å². The molecular formula is C67H110NO8P. The lowest BCUT2D eigenvalue weighted by molar-refractivity contribution is -0.161. The lowest BCUT2D eigenvalue weighted by atomic mass is 10.0. The van der Waals surface area contributed by atoms with Crippen molar-refractivity contribution in [2.24, 2.45) is 5.73 Å². The maximum absolute atomic E-state index is 12.7. The Morgan fingerprint density at radius 3 is 1.00 bits per heavy atom. The molecule has 0 spiro atoms. The van der Waals surface area contributed by atoms with Crippen molar-refractivity contribution in [1.29, 1.82) is 0 Å². The maximum Gasteiger partial charge on any atom is 0.472 e. The van der Waals surface area contributed by atoms with Crippen molar-refractivity contribution in [2.75, 3.05) is 26.4 Å². The molecule has 2 atom stereocenters. The highest BCUT2D eigenvalue weighted by atomic mass is 31.2. The predicted molar refractivity (Wildman–Crippen MR) is 330 cm³/mol. The number of carbonyl (C=O) groups excluding carboxylic acids is 2. The summed E-state index contributed by atoms with van der Waals surface area (Å²) in [5.41, 5.74) is 5.38.